The van der Waals surface area contributed by atoms with E-state index in [0.717, 1.165) is 19.3 Å². The van der Waals surface area contributed by atoms with Crippen molar-refractivity contribution in [2.24, 2.45) is 0 Å². The largest absolute Gasteiger partial charge is 0.508 e. The third kappa shape index (κ3) is 10.1. The Balaban J connectivity index is 0.000000354. The molecule has 0 aromatic heterocycles. The van der Waals surface area contributed by atoms with Crippen LogP contribution in [0.25, 0.3) is 0 Å². The van der Waals surface area contributed by atoms with E-state index in [9.17, 15) is 13.2 Å². The third-order valence-electron chi connectivity index (χ3n) is 2.02. The zero-order valence-electron chi connectivity index (χ0n) is 10.3. The van der Waals surface area contributed by atoms with Crippen molar-refractivity contribution in [2.45, 2.75) is 32.6 Å². The summed E-state index contributed by atoms with van der Waals surface area (Å²) in [5.41, 5.74) is 0. The second kappa shape index (κ2) is 9.23. The van der Waals surface area contributed by atoms with Gasteiger partial charge >= 0.3 is 6.16 Å². The van der Waals surface area contributed by atoms with Crippen molar-refractivity contribution < 1.29 is 26.9 Å². The summed E-state index contributed by atoms with van der Waals surface area (Å²) in [6.45, 7) is 2.92. The molecule has 0 aromatic rings. The van der Waals surface area contributed by atoms with Crippen LogP contribution < -0.4 is 0 Å². The monoisotopic (exact) mass is 268 g/mol. The quantitative estimate of drug-likeness (QED) is 0.414. The zero-order chi connectivity index (χ0) is 13.1. The van der Waals surface area contributed by atoms with Crippen LogP contribution >= 0.6 is 0 Å². The van der Waals surface area contributed by atoms with E-state index < -0.39 is 16.3 Å². The predicted octanol–water partition coefficient (Wildman–Crippen LogP) is 1.70. The summed E-state index contributed by atoms with van der Waals surface area (Å²) in [5.74, 6) is 0.156. The minimum Gasteiger partial charge on any atom is -0.431 e. The number of carbonyl (C=O) groups excluding carboxylic acids is 1. The maximum Gasteiger partial charge on any atom is 0.508 e. The first-order valence-electron chi connectivity index (χ1n) is 5.59. The molecule has 1 aliphatic heterocycles. The van der Waals surface area contributed by atoms with Crippen molar-refractivity contribution in [3.05, 3.63) is 0 Å². The average Bonchev–Trinajstić information content (AvgIpc) is 2.77. The van der Waals surface area contributed by atoms with Crippen molar-refractivity contribution in [1.29, 1.82) is 0 Å². The maximum atomic E-state index is 10.7. The van der Waals surface area contributed by atoms with E-state index in [-0.39, 0.29) is 5.75 Å². The molecule has 1 rings (SSSR count). The molecule has 0 spiro atoms. The molecular weight excluding hydrogens is 248 g/mol. The van der Waals surface area contributed by atoms with Gasteiger partial charge in [0.25, 0.3) is 10.1 Å². The Morgan fingerprint density at radius 1 is 1.18 bits per heavy atom. The Bertz CT molecular complexity index is 290. The second-order valence-electron chi connectivity index (χ2n) is 3.44. The van der Waals surface area contributed by atoms with Gasteiger partial charge in [-0.2, -0.15) is 8.42 Å². The van der Waals surface area contributed by atoms with Crippen molar-refractivity contribution in [1.82, 2.24) is 0 Å². The lowest BCUT2D eigenvalue weighted by Crippen LogP contribution is -2.07. The fraction of sp³-hybridized carbons (Fsp3) is 0.900. The van der Waals surface area contributed by atoms with Crippen LogP contribution in [0.5, 0.6) is 0 Å². The van der Waals surface area contributed by atoms with Crippen LogP contribution in [0, 0.1) is 0 Å². The van der Waals surface area contributed by atoms with E-state index in [1.54, 1.807) is 0 Å². The normalized spacial score (nSPS) is 14.6. The number of cyclic esters (lactones) is 2. The molecule has 7 heteroatoms. The van der Waals surface area contributed by atoms with Crippen LogP contribution in [0.15, 0.2) is 0 Å². The van der Waals surface area contributed by atoms with Gasteiger partial charge in [0.2, 0.25) is 0 Å². The molecule has 0 N–H and O–H groups in total. The van der Waals surface area contributed by atoms with Gasteiger partial charge in [0, 0.05) is 0 Å². The van der Waals surface area contributed by atoms with Crippen molar-refractivity contribution in [3.63, 3.8) is 0 Å². The Labute approximate surface area is 102 Å². The lowest BCUT2D eigenvalue weighted by Gasteiger charge is -1.99. The highest BCUT2D eigenvalue weighted by atomic mass is 32.2. The topological polar surface area (TPSA) is 78.9 Å². The molecule has 0 aliphatic carbocycles. The lowest BCUT2D eigenvalue weighted by atomic mass is 10.2. The average molecular weight is 268 g/mol. The van der Waals surface area contributed by atoms with Crippen LogP contribution in [-0.2, 0) is 23.8 Å². The van der Waals surface area contributed by atoms with E-state index in [2.05, 4.69) is 20.6 Å². The fourth-order valence-corrected chi connectivity index (χ4v) is 1.80. The summed E-state index contributed by atoms with van der Waals surface area (Å²) in [7, 11) is -2.00. The number of carbonyl (C=O) groups is 1. The summed E-state index contributed by atoms with van der Waals surface area (Å²) in [4.78, 5) is 9.80. The molecule has 0 aromatic carbocycles. The fourth-order valence-electron chi connectivity index (χ4n) is 1.08. The van der Waals surface area contributed by atoms with E-state index in [4.69, 9.17) is 0 Å². The molecule has 0 bridgehead atoms. The number of ether oxygens (including phenoxy) is 2. The maximum absolute atomic E-state index is 10.7. The van der Waals surface area contributed by atoms with E-state index in [0.29, 0.717) is 19.6 Å². The Kier molecular flexibility index (Phi) is 8.79. The second-order valence-corrected chi connectivity index (χ2v) is 5.29. The summed E-state index contributed by atoms with van der Waals surface area (Å²) in [6, 6.07) is 0. The van der Waals surface area contributed by atoms with Crippen LogP contribution in [0.4, 0.5) is 4.79 Å². The first-order valence-corrected chi connectivity index (χ1v) is 7.17. The van der Waals surface area contributed by atoms with Crippen molar-refractivity contribution in [2.75, 3.05) is 26.1 Å². The van der Waals surface area contributed by atoms with E-state index in [1.165, 1.54) is 7.11 Å². The Morgan fingerprint density at radius 3 is 2.12 bits per heavy atom. The van der Waals surface area contributed by atoms with Crippen LogP contribution in [0.3, 0.4) is 0 Å². The number of unbranched alkanes of at least 4 members (excludes halogenated alkanes) is 3. The van der Waals surface area contributed by atoms with Gasteiger partial charge in [0.15, 0.2) is 0 Å². The molecule has 0 radical (unpaired) electrons. The van der Waals surface area contributed by atoms with Crippen LogP contribution in [0.2, 0.25) is 0 Å². The van der Waals surface area contributed by atoms with Gasteiger partial charge in [-0.1, -0.05) is 26.2 Å². The molecule has 17 heavy (non-hydrogen) atoms. The highest BCUT2D eigenvalue weighted by Crippen LogP contribution is 2.02. The zero-order valence-corrected chi connectivity index (χ0v) is 11.1. The van der Waals surface area contributed by atoms with E-state index in [1.807, 2.05) is 0 Å². The first-order chi connectivity index (χ1) is 8.02. The van der Waals surface area contributed by atoms with Gasteiger partial charge in [-0.3, -0.25) is 4.18 Å². The standard InChI is InChI=1S/C7H16O3S.C3H4O3/c1-3-4-5-6-7-11(8,9)10-2;4-3-5-1-2-6-3/h3-7H2,1-2H3;1-2H2. The first kappa shape index (κ1) is 16.2. The number of hydrogen-bond acceptors (Lipinski definition) is 6. The molecule has 1 saturated heterocycles. The minimum atomic E-state index is -3.20. The summed E-state index contributed by atoms with van der Waals surface area (Å²) >= 11 is 0. The van der Waals surface area contributed by atoms with Gasteiger partial charge in [-0.05, 0) is 6.42 Å². The third-order valence-corrected chi connectivity index (χ3v) is 3.32. The number of rotatable bonds is 6. The predicted molar refractivity (Wildman–Crippen MR) is 62.2 cm³/mol. The van der Waals surface area contributed by atoms with Crippen molar-refractivity contribution >= 4 is 16.3 Å². The van der Waals surface area contributed by atoms with Crippen molar-refractivity contribution in [3.8, 4) is 0 Å². The highest BCUT2D eigenvalue weighted by Gasteiger charge is 2.09. The smallest absolute Gasteiger partial charge is 0.431 e. The molecule has 102 valence electrons. The van der Waals surface area contributed by atoms with Gasteiger partial charge in [0.05, 0.1) is 12.9 Å². The summed E-state index contributed by atoms with van der Waals surface area (Å²) in [5, 5.41) is 0. The Hall–Kier alpha value is -0.820. The molecule has 0 unspecified atom stereocenters. The van der Waals surface area contributed by atoms with Crippen LogP contribution in [0.1, 0.15) is 32.6 Å². The summed E-state index contributed by atoms with van der Waals surface area (Å²) < 4.78 is 34.4. The molecule has 6 nitrogen and oxygen atoms in total. The molecule has 1 aliphatic rings. The van der Waals surface area contributed by atoms with E-state index >= 15 is 0 Å². The van der Waals surface area contributed by atoms with Gasteiger partial charge < -0.3 is 9.47 Å². The molecule has 1 heterocycles. The SMILES string of the molecule is CCCCCCS(=O)(=O)OC.O=C1OCCO1. The lowest BCUT2D eigenvalue weighted by molar-refractivity contribution is 0.131. The molecule has 0 saturated carbocycles. The van der Waals surface area contributed by atoms with Gasteiger partial charge in [0.1, 0.15) is 13.2 Å². The van der Waals surface area contributed by atoms with Gasteiger partial charge in [-0.25, -0.2) is 4.79 Å². The van der Waals surface area contributed by atoms with Crippen LogP contribution in [-0.4, -0.2) is 40.6 Å². The molecular formula is C10H20O6S. The molecule has 1 fully saturated rings. The Morgan fingerprint density at radius 2 is 1.76 bits per heavy atom. The number of hydrogen-bond donors (Lipinski definition) is 0. The molecule has 0 amide bonds. The summed E-state index contributed by atoms with van der Waals surface area (Å²) in [6.07, 6.45) is 3.35. The minimum absolute atomic E-state index is 0.156. The van der Waals surface area contributed by atoms with Gasteiger partial charge in [-0.15, -0.1) is 0 Å². The molecule has 0 atom stereocenters. The highest BCUT2D eigenvalue weighted by molar-refractivity contribution is 7.86.